The van der Waals surface area contributed by atoms with Crippen molar-refractivity contribution in [2.45, 2.75) is 26.3 Å². The van der Waals surface area contributed by atoms with E-state index in [9.17, 15) is 9.59 Å². The molecule has 0 bridgehead atoms. The third-order valence-electron chi connectivity index (χ3n) is 4.42. The second-order valence-corrected chi connectivity index (χ2v) is 6.83. The molecule has 3 heterocycles. The zero-order chi connectivity index (χ0) is 17.8. The van der Waals surface area contributed by atoms with Crippen molar-refractivity contribution in [3.8, 4) is 0 Å². The number of pyridine rings is 2. The summed E-state index contributed by atoms with van der Waals surface area (Å²) in [6.45, 7) is 4.31. The predicted octanol–water partition coefficient (Wildman–Crippen LogP) is 2.46. The molecule has 132 valence electrons. The Labute approximate surface area is 151 Å². The van der Waals surface area contributed by atoms with Crippen molar-refractivity contribution in [1.29, 1.82) is 0 Å². The van der Waals surface area contributed by atoms with Crippen LogP contribution in [0.5, 0.6) is 0 Å². The number of hydrogen-bond donors (Lipinski definition) is 2. The maximum Gasteiger partial charge on any atom is 0.263 e. The largest absolute Gasteiger partial charge is 0.320 e. The van der Waals surface area contributed by atoms with Crippen molar-refractivity contribution in [3.63, 3.8) is 0 Å². The molecule has 0 aromatic carbocycles. The highest BCUT2D eigenvalue weighted by molar-refractivity contribution is 6.30. The van der Waals surface area contributed by atoms with E-state index in [-0.39, 0.29) is 11.1 Å². The lowest BCUT2D eigenvalue weighted by molar-refractivity contribution is 0.102. The number of carbonyl (C=O) groups excluding carboxylic acids is 1. The Hall–Kier alpha value is -2.18. The molecule has 2 aromatic heterocycles. The zero-order valence-corrected chi connectivity index (χ0v) is 14.8. The van der Waals surface area contributed by atoms with E-state index in [0.29, 0.717) is 28.7 Å². The van der Waals surface area contributed by atoms with Crippen LogP contribution in [0.4, 0.5) is 5.69 Å². The van der Waals surface area contributed by atoms with Gasteiger partial charge in [0, 0.05) is 18.9 Å². The molecule has 1 unspecified atom stereocenters. The summed E-state index contributed by atoms with van der Waals surface area (Å²) in [5.74, 6) is -0.0371. The van der Waals surface area contributed by atoms with E-state index >= 15 is 0 Å². The highest BCUT2D eigenvalue weighted by Gasteiger charge is 2.19. The lowest BCUT2D eigenvalue weighted by Gasteiger charge is -2.23. The number of carbonyl (C=O) groups is 1. The van der Waals surface area contributed by atoms with Crippen LogP contribution >= 0.6 is 11.6 Å². The summed E-state index contributed by atoms with van der Waals surface area (Å²) in [5, 5.41) is 6.47. The average molecular weight is 361 g/mol. The number of hydrogen-bond acceptors (Lipinski definition) is 4. The summed E-state index contributed by atoms with van der Waals surface area (Å²) in [6, 6.07) is 3.40. The van der Waals surface area contributed by atoms with Gasteiger partial charge in [-0.25, -0.2) is 0 Å². The second kappa shape index (κ2) is 7.80. The Kier molecular flexibility index (Phi) is 5.50. The monoisotopic (exact) mass is 360 g/mol. The van der Waals surface area contributed by atoms with Crippen LogP contribution in [0.2, 0.25) is 5.02 Å². The number of halogens is 1. The maximum absolute atomic E-state index is 12.8. The molecular formula is C18H21ClN4O2. The van der Waals surface area contributed by atoms with Crippen molar-refractivity contribution in [2.75, 3.05) is 18.4 Å². The van der Waals surface area contributed by atoms with Crippen molar-refractivity contribution in [2.24, 2.45) is 5.92 Å². The third kappa shape index (κ3) is 4.27. The van der Waals surface area contributed by atoms with Gasteiger partial charge in [0.25, 0.3) is 11.5 Å². The molecule has 0 aliphatic carbocycles. The van der Waals surface area contributed by atoms with Crippen molar-refractivity contribution in [1.82, 2.24) is 14.9 Å². The minimum Gasteiger partial charge on any atom is -0.320 e. The van der Waals surface area contributed by atoms with E-state index in [1.807, 2.05) is 6.07 Å². The van der Waals surface area contributed by atoms with E-state index in [1.165, 1.54) is 12.4 Å². The van der Waals surface area contributed by atoms with E-state index in [4.69, 9.17) is 11.6 Å². The Morgan fingerprint density at radius 1 is 1.48 bits per heavy atom. The van der Waals surface area contributed by atoms with Gasteiger partial charge in [0.15, 0.2) is 0 Å². The Balaban J connectivity index is 1.83. The molecule has 1 aliphatic heterocycles. The van der Waals surface area contributed by atoms with Crippen LogP contribution in [0.1, 0.15) is 28.8 Å². The fraction of sp³-hybridized carbons (Fsp3) is 0.389. The van der Waals surface area contributed by atoms with E-state index < -0.39 is 5.91 Å². The van der Waals surface area contributed by atoms with Crippen LogP contribution in [0, 0.1) is 12.8 Å². The van der Waals surface area contributed by atoms with Gasteiger partial charge in [-0.2, -0.15) is 0 Å². The summed E-state index contributed by atoms with van der Waals surface area (Å²) in [7, 11) is 0. The highest BCUT2D eigenvalue weighted by atomic mass is 35.5. The van der Waals surface area contributed by atoms with Gasteiger partial charge in [-0.05, 0) is 56.5 Å². The quantitative estimate of drug-likeness (QED) is 0.878. The second-order valence-electron chi connectivity index (χ2n) is 6.39. The Bertz CT molecular complexity index is 828. The summed E-state index contributed by atoms with van der Waals surface area (Å²) in [5.41, 5.74) is 1.00. The molecule has 1 amide bonds. The van der Waals surface area contributed by atoms with Gasteiger partial charge in [0.05, 0.1) is 16.9 Å². The number of rotatable bonds is 4. The molecule has 2 aromatic rings. The van der Waals surface area contributed by atoms with Gasteiger partial charge in [-0.3, -0.25) is 14.6 Å². The van der Waals surface area contributed by atoms with Crippen molar-refractivity contribution in [3.05, 3.63) is 57.2 Å². The fourth-order valence-electron chi connectivity index (χ4n) is 3.12. The third-order valence-corrected chi connectivity index (χ3v) is 4.62. The van der Waals surface area contributed by atoms with Crippen LogP contribution in [-0.4, -0.2) is 28.5 Å². The van der Waals surface area contributed by atoms with Crippen molar-refractivity contribution >= 4 is 23.2 Å². The van der Waals surface area contributed by atoms with Crippen LogP contribution in [0.25, 0.3) is 0 Å². The Morgan fingerprint density at radius 2 is 2.32 bits per heavy atom. The smallest absolute Gasteiger partial charge is 0.263 e. The van der Waals surface area contributed by atoms with Crippen LogP contribution in [0.15, 0.2) is 35.5 Å². The molecule has 0 radical (unpaired) electrons. The molecular weight excluding hydrogens is 340 g/mol. The SMILES string of the molecule is Cc1ccn(CC2CCCNC2)c(=O)c1C(=O)Nc1cncc(Cl)c1. The number of aryl methyl sites for hydroxylation is 1. The van der Waals surface area contributed by atoms with Gasteiger partial charge in [-0.1, -0.05) is 11.6 Å². The molecule has 25 heavy (non-hydrogen) atoms. The summed E-state index contributed by atoms with van der Waals surface area (Å²) >= 11 is 5.88. The highest BCUT2D eigenvalue weighted by Crippen LogP contribution is 2.15. The first-order valence-corrected chi connectivity index (χ1v) is 8.75. The van der Waals surface area contributed by atoms with Gasteiger partial charge in [-0.15, -0.1) is 0 Å². The first kappa shape index (κ1) is 17.6. The zero-order valence-electron chi connectivity index (χ0n) is 14.1. The van der Waals surface area contributed by atoms with Crippen LogP contribution in [-0.2, 0) is 6.54 Å². The number of nitrogens with one attached hydrogen (secondary N) is 2. The van der Waals surface area contributed by atoms with Gasteiger partial charge in [0.2, 0.25) is 0 Å². The number of nitrogens with zero attached hydrogens (tertiary/aromatic N) is 2. The lowest BCUT2D eigenvalue weighted by Crippen LogP contribution is -2.36. The normalized spacial score (nSPS) is 17.3. The molecule has 1 aliphatic rings. The minimum atomic E-state index is -0.442. The summed E-state index contributed by atoms with van der Waals surface area (Å²) in [6.07, 6.45) is 6.94. The summed E-state index contributed by atoms with van der Waals surface area (Å²) < 4.78 is 1.63. The number of piperidine rings is 1. The number of anilines is 1. The Morgan fingerprint density at radius 3 is 3.04 bits per heavy atom. The summed E-state index contributed by atoms with van der Waals surface area (Å²) in [4.78, 5) is 29.3. The molecule has 2 N–H and O–H groups in total. The number of aromatic nitrogens is 2. The maximum atomic E-state index is 12.8. The predicted molar refractivity (Wildman–Crippen MR) is 98.2 cm³/mol. The van der Waals surface area contributed by atoms with E-state index in [1.54, 1.807) is 23.8 Å². The van der Waals surface area contributed by atoms with Gasteiger partial charge in [0.1, 0.15) is 5.56 Å². The first-order chi connectivity index (χ1) is 12.0. The van der Waals surface area contributed by atoms with Crippen molar-refractivity contribution < 1.29 is 4.79 Å². The molecule has 1 fully saturated rings. The van der Waals surface area contributed by atoms with Crippen LogP contribution in [0.3, 0.4) is 0 Å². The fourth-order valence-corrected chi connectivity index (χ4v) is 3.29. The van der Waals surface area contributed by atoms with Gasteiger partial charge >= 0.3 is 0 Å². The average Bonchev–Trinajstić information content (AvgIpc) is 2.58. The van der Waals surface area contributed by atoms with E-state index in [2.05, 4.69) is 15.6 Å². The first-order valence-electron chi connectivity index (χ1n) is 8.37. The molecule has 7 heteroatoms. The standard InChI is InChI=1S/C18H21ClN4O2/c1-12-4-6-23(11-13-3-2-5-20-8-13)18(25)16(12)17(24)22-15-7-14(19)9-21-10-15/h4,6-7,9-10,13,20H,2-3,5,8,11H2,1H3,(H,22,24). The topological polar surface area (TPSA) is 76.0 Å². The molecule has 3 rings (SSSR count). The van der Waals surface area contributed by atoms with E-state index in [0.717, 1.165) is 25.9 Å². The minimum absolute atomic E-state index is 0.159. The number of amides is 1. The van der Waals surface area contributed by atoms with Crippen LogP contribution < -0.4 is 16.2 Å². The molecule has 1 atom stereocenters. The molecule has 0 spiro atoms. The molecule has 0 saturated carbocycles. The van der Waals surface area contributed by atoms with Gasteiger partial charge < -0.3 is 15.2 Å². The lowest BCUT2D eigenvalue weighted by atomic mass is 9.99. The molecule has 6 nitrogen and oxygen atoms in total. The molecule has 1 saturated heterocycles.